The van der Waals surface area contributed by atoms with Gasteiger partial charge in [0.05, 0.1) is 24.0 Å². The number of phenolic OH excluding ortho intramolecular Hbond substituents is 1. The summed E-state index contributed by atoms with van der Waals surface area (Å²) in [7, 11) is 0. The molecule has 5 heteroatoms. The largest absolute Gasteiger partial charge is 0.508 e. The molecule has 0 heterocycles. The van der Waals surface area contributed by atoms with Crippen molar-refractivity contribution in [3.8, 4) is 11.8 Å². The van der Waals surface area contributed by atoms with Gasteiger partial charge in [0.25, 0.3) is 0 Å². The molecule has 0 aromatic heterocycles. The number of hydrogen-bond donors (Lipinski definition) is 4. The van der Waals surface area contributed by atoms with Crippen LogP contribution < -0.4 is 5.32 Å². The molecule has 0 amide bonds. The standard InChI is InChI=1S/C11H14N2O3/c1-7-10(16)3-2-8(4-12)11(7)13-5-9(15)6-14/h2-3,9,13-16H,5-6H2,1H3. The normalized spacial score (nSPS) is 11.9. The topological polar surface area (TPSA) is 96.5 Å². The molecular weight excluding hydrogens is 208 g/mol. The van der Waals surface area contributed by atoms with Crippen LogP contribution in [0.3, 0.4) is 0 Å². The van der Waals surface area contributed by atoms with Crippen molar-refractivity contribution in [3.05, 3.63) is 23.3 Å². The summed E-state index contributed by atoms with van der Waals surface area (Å²) in [5.74, 6) is 0.0833. The van der Waals surface area contributed by atoms with Crippen LogP contribution in [0.5, 0.6) is 5.75 Å². The van der Waals surface area contributed by atoms with Gasteiger partial charge >= 0.3 is 0 Å². The van der Waals surface area contributed by atoms with Gasteiger partial charge in [-0.3, -0.25) is 0 Å². The Labute approximate surface area is 93.6 Å². The molecule has 1 aromatic rings. The molecule has 1 atom stereocenters. The monoisotopic (exact) mass is 222 g/mol. The molecule has 0 aliphatic heterocycles. The Morgan fingerprint density at radius 1 is 1.50 bits per heavy atom. The molecule has 16 heavy (non-hydrogen) atoms. The van der Waals surface area contributed by atoms with Crippen LogP contribution in [0.25, 0.3) is 0 Å². The van der Waals surface area contributed by atoms with E-state index in [9.17, 15) is 10.2 Å². The second kappa shape index (κ2) is 5.35. The minimum absolute atomic E-state index is 0.0833. The van der Waals surface area contributed by atoms with Crippen LogP contribution in [0, 0.1) is 18.3 Å². The predicted octanol–water partition coefficient (Wildman–Crippen LogP) is 0.337. The van der Waals surface area contributed by atoms with Crippen molar-refractivity contribution in [2.24, 2.45) is 0 Å². The number of rotatable bonds is 4. The van der Waals surface area contributed by atoms with Crippen molar-refractivity contribution in [2.75, 3.05) is 18.5 Å². The molecule has 0 bridgehead atoms. The van der Waals surface area contributed by atoms with Gasteiger partial charge in [0.15, 0.2) is 0 Å². The van der Waals surface area contributed by atoms with Gasteiger partial charge in [0.1, 0.15) is 11.8 Å². The van der Waals surface area contributed by atoms with Gasteiger partial charge in [0.2, 0.25) is 0 Å². The Hall–Kier alpha value is -1.77. The van der Waals surface area contributed by atoms with E-state index in [0.29, 0.717) is 16.8 Å². The summed E-state index contributed by atoms with van der Waals surface area (Å²) in [5.41, 5.74) is 1.42. The van der Waals surface area contributed by atoms with E-state index in [0.717, 1.165) is 0 Å². The van der Waals surface area contributed by atoms with E-state index in [1.165, 1.54) is 12.1 Å². The fraction of sp³-hybridized carbons (Fsp3) is 0.364. The van der Waals surface area contributed by atoms with Crippen LogP contribution in [0.4, 0.5) is 5.69 Å². The first-order valence-corrected chi connectivity index (χ1v) is 4.85. The number of nitriles is 1. The van der Waals surface area contributed by atoms with E-state index < -0.39 is 6.10 Å². The molecule has 86 valence electrons. The molecule has 4 N–H and O–H groups in total. The number of aliphatic hydroxyl groups is 2. The summed E-state index contributed by atoms with van der Waals surface area (Å²) in [6, 6.07) is 4.93. The summed E-state index contributed by atoms with van der Waals surface area (Å²) >= 11 is 0. The molecule has 0 radical (unpaired) electrons. The Morgan fingerprint density at radius 2 is 2.19 bits per heavy atom. The molecule has 1 aromatic carbocycles. The zero-order valence-corrected chi connectivity index (χ0v) is 8.94. The quantitative estimate of drug-likeness (QED) is 0.589. The molecule has 5 nitrogen and oxygen atoms in total. The van der Waals surface area contributed by atoms with Gasteiger partial charge in [-0.25, -0.2) is 0 Å². The minimum Gasteiger partial charge on any atom is -0.508 e. The number of phenols is 1. The van der Waals surface area contributed by atoms with Crippen LogP contribution in [-0.4, -0.2) is 34.6 Å². The third-order valence-corrected chi connectivity index (χ3v) is 2.28. The summed E-state index contributed by atoms with van der Waals surface area (Å²) in [4.78, 5) is 0. The number of aromatic hydroxyl groups is 1. The maximum atomic E-state index is 9.48. The summed E-state index contributed by atoms with van der Waals surface area (Å²) < 4.78 is 0. The third-order valence-electron chi connectivity index (χ3n) is 2.28. The molecular formula is C11H14N2O3. The fourth-order valence-electron chi connectivity index (χ4n) is 1.31. The van der Waals surface area contributed by atoms with Crippen LogP contribution in [0.1, 0.15) is 11.1 Å². The van der Waals surface area contributed by atoms with Gasteiger partial charge in [0, 0.05) is 12.1 Å². The van der Waals surface area contributed by atoms with Crippen LogP contribution in [0.2, 0.25) is 0 Å². The Morgan fingerprint density at radius 3 is 2.75 bits per heavy atom. The number of aliphatic hydroxyl groups excluding tert-OH is 2. The van der Waals surface area contributed by atoms with Crippen molar-refractivity contribution in [2.45, 2.75) is 13.0 Å². The van der Waals surface area contributed by atoms with Crippen molar-refractivity contribution < 1.29 is 15.3 Å². The van der Waals surface area contributed by atoms with E-state index in [2.05, 4.69) is 5.32 Å². The SMILES string of the molecule is Cc1c(O)ccc(C#N)c1NCC(O)CO. The zero-order chi connectivity index (χ0) is 12.1. The third kappa shape index (κ3) is 2.63. The van der Waals surface area contributed by atoms with Gasteiger partial charge in [-0.1, -0.05) is 0 Å². The number of anilines is 1. The molecule has 0 aliphatic rings. The van der Waals surface area contributed by atoms with E-state index in [1.54, 1.807) is 6.92 Å². The first-order valence-electron chi connectivity index (χ1n) is 4.85. The highest BCUT2D eigenvalue weighted by Gasteiger charge is 2.10. The highest BCUT2D eigenvalue weighted by Crippen LogP contribution is 2.27. The summed E-state index contributed by atoms with van der Waals surface area (Å²) in [6.45, 7) is 1.44. The van der Waals surface area contributed by atoms with E-state index in [4.69, 9.17) is 10.4 Å². The molecule has 0 spiro atoms. The van der Waals surface area contributed by atoms with Gasteiger partial charge in [-0.15, -0.1) is 0 Å². The molecule has 0 fully saturated rings. The Balaban J connectivity index is 2.93. The van der Waals surface area contributed by atoms with Gasteiger partial charge in [-0.05, 0) is 19.1 Å². The van der Waals surface area contributed by atoms with Crippen molar-refractivity contribution >= 4 is 5.69 Å². The predicted molar refractivity (Wildman–Crippen MR) is 59.1 cm³/mol. The average Bonchev–Trinajstić information content (AvgIpc) is 2.30. The maximum Gasteiger partial charge on any atom is 0.120 e. The lowest BCUT2D eigenvalue weighted by Gasteiger charge is -2.14. The maximum absolute atomic E-state index is 9.48. The Kier molecular flexibility index (Phi) is 4.11. The van der Waals surface area contributed by atoms with Crippen LogP contribution in [0.15, 0.2) is 12.1 Å². The lowest BCUT2D eigenvalue weighted by Crippen LogP contribution is -2.23. The van der Waals surface area contributed by atoms with Gasteiger partial charge < -0.3 is 20.6 Å². The molecule has 0 aliphatic carbocycles. The van der Waals surface area contributed by atoms with Crippen molar-refractivity contribution in [1.82, 2.24) is 0 Å². The van der Waals surface area contributed by atoms with E-state index in [-0.39, 0.29) is 18.9 Å². The van der Waals surface area contributed by atoms with Gasteiger partial charge in [-0.2, -0.15) is 5.26 Å². The first-order chi connectivity index (χ1) is 7.60. The lowest BCUT2D eigenvalue weighted by molar-refractivity contribution is 0.105. The number of nitrogens with one attached hydrogen (secondary N) is 1. The molecule has 0 saturated carbocycles. The van der Waals surface area contributed by atoms with Crippen molar-refractivity contribution in [1.29, 1.82) is 5.26 Å². The second-order valence-corrected chi connectivity index (χ2v) is 3.46. The highest BCUT2D eigenvalue weighted by molar-refractivity contribution is 5.66. The number of nitrogens with zero attached hydrogens (tertiary/aromatic N) is 1. The van der Waals surface area contributed by atoms with Crippen LogP contribution >= 0.6 is 0 Å². The smallest absolute Gasteiger partial charge is 0.120 e. The fourth-order valence-corrected chi connectivity index (χ4v) is 1.31. The van der Waals surface area contributed by atoms with Crippen LogP contribution in [-0.2, 0) is 0 Å². The zero-order valence-electron chi connectivity index (χ0n) is 8.94. The number of hydrogen-bond acceptors (Lipinski definition) is 5. The number of benzene rings is 1. The average molecular weight is 222 g/mol. The highest BCUT2D eigenvalue weighted by atomic mass is 16.3. The molecule has 1 unspecified atom stereocenters. The van der Waals surface area contributed by atoms with E-state index in [1.807, 2.05) is 6.07 Å². The summed E-state index contributed by atoms with van der Waals surface area (Å²) in [6.07, 6.45) is -0.895. The minimum atomic E-state index is -0.895. The Bertz CT molecular complexity index is 412. The molecule has 1 rings (SSSR count). The lowest BCUT2D eigenvalue weighted by atomic mass is 10.1. The second-order valence-electron chi connectivity index (χ2n) is 3.46. The molecule has 0 saturated heterocycles. The first kappa shape index (κ1) is 12.3. The summed E-state index contributed by atoms with van der Waals surface area (Å²) in [5, 5.41) is 39.0. The van der Waals surface area contributed by atoms with Crippen molar-refractivity contribution in [3.63, 3.8) is 0 Å². The van der Waals surface area contributed by atoms with E-state index >= 15 is 0 Å².